The van der Waals surface area contributed by atoms with Crippen LogP contribution in [0.2, 0.25) is 0 Å². The standard InChI is InChI=1S/C25H28FN7O3S/c1-16-11-21(8-10-33(16)24(34)17-7-9-27-23(12-17)31-37(2,35)36)32-14-18-13-28-25(30-22(18)15-32)29-20-5-3-19(26)4-6-20/h3-7,9,12-13,16,21H,8,10-11,14-15H2,1-2H3,(H,27,31)(H,28,29,30)/t16-,21+/m1/s1. The molecule has 0 bridgehead atoms. The molecule has 3 aromatic rings. The summed E-state index contributed by atoms with van der Waals surface area (Å²) >= 11 is 0. The molecule has 5 rings (SSSR count). The molecule has 0 aliphatic carbocycles. The van der Waals surface area contributed by atoms with Crippen LogP contribution in [0.1, 0.15) is 41.4 Å². The second-order valence-corrected chi connectivity index (χ2v) is 11.3. The maximum Gasteiger partial charge on any atom is 0.254 e. The number of rotatable bonds is 6. The first-order valence-electron chi connectivity index (χ1n) is 12.0. The van der Waals surface area contributed by atoms with Crippen molar-refractivity contribution < 1.29 is 17.6 Å². The zero-order chi connectivity index (χ0) is 26.2. The summed E-state index contributed by atoms with van der Waals surface area (Å²) in [4.78, 5) is 30.5. The number of likely N-dealkylation sites (tertiary alicyclic amines) is 1. The fourth-order valence-corrected chi connectivity index (χ4v) is 5.41. The third-order valence-electron chi connectivity index (χ3n) is 6.70. The molecule has 2 atom stereocenters. The highest BCUT2D eigenvalue weighted by Gasteiger charge is 2.35. The van der Waals surface area contributed by atoms with Crippen molar-refractivity contribution in [1.82, 2.24) is 24.8 Å². The molecule has 10 nitrogen and oxygen atoms in total. The number of anilines is 3. The van der Waals surface area contributed by atoms with Crippen LogP contribution in [0.5, 0.6) is 0 Å². The quantitative estimate of drug-likeness (QED) is 0.504. The van der Waals surface area contributed by atoms with Gasteiger partial charge in [0.1, 0.15) is 11.6 Å². The molecule has 2 aliphatic heterocycles. The van der Waals surface area contributed by atoms with E-state index in [4.69, 9.17) is 0 Å². The normalized spacial score (nSPS) is 19.9. The van der Waals surface area contributed by atoms with Crippen LogP contribution in [-0.4, -0.2) is 64.0 Å². The second kappa shape index (κ2) is 10.0. The molecule has 0 radical (unpaired) electrons. The maximum absolute atomic E-state index is 13.2. The van der Waals surface area contributed by atoms with E-state index in [9.17, 15) is 17.6 Å². The van der Waals surface area contributed by atoms with Crippen LogP contribution in [0.4, 0.5) is 21.8 Å². The van der Waals surface area contributed by atoms with E-state index in [1.807, 2.05) is 18.0 Å². The van der Waals surface area contributed by atoms with E-state index in [1.165, 1.54) is 24.4 Å². The first-order chi connectivity index (χ1) is 17.6. The highest BCUT2D eigenvalue weighted by Crippen LogP contribution is 2.31. The number of halogens is 1. The molecule has 1 fully saturated rings. The van der Waals surface area contributed by atoms with E-state index >= 15 is 0 Å². The van der Waals surface area contributed by atoms with Crippen LogP contribution >= 0.6 is 0 Å². The fourth-order valence-electron chi connectivity index (χ4n) is 4.91. The van der Waals surface area contributed by atoms with Crippen molar-refractivity contribution in [3.8, 4) is 0 Å². The van der Waals surface area contributed by atoms with Crippen molar-refractivity contribution in [1.29, 1.82) is 0 Å². The largest absolute Gasteiger partial charge is 0.336 e. The molecule has 2 aliphatic rings. The van der Waals surface area contributed by atoms with Crippen LogP contribution < -0.4 is 10.0 Å². The number of hydrogen-bond acceptors (Lipinski definition) is 8. The number of benzene rings is 1. The van der Waals surface area contributed by atoms with Gasteiger partial charge < -0.3 is 10.2 Å². The summed E-state index contributed by atoms with van der Waals surface area (Å²) in [5.74, 6) is 0.160. The Hall–Kier alpha value is -3.64. The Labute approximate surface area is 215 Å². The van der Waals surface area contributed by atoms with Crippen LogP contribution in [0.3, 0.4) is 0 Å². The van der Waals surface area contributed by atoms with Crippen molar-refractivity contribution in [3.05, 3.63) is 71.4 Å². The number of pyridine rings is 1. The Bertz CT molecular complexity index is 1420. The van der Waals surface area contributed by atoms with Gasteiger partial charge in [0.15, 0.2) is 0 Å². The van der Waals surface area contributed by atoms with Crippen LogP contribution in [0, 0.1) is 5.82 Å². The Balaban J connectivity index is 1.20. The van der Waals surface area contributed by atoms with E-state index in [-0.39, 0.29) is 23.6 Å². The number of piperidine rings is 1. The van der Waals surface area contributed by atoms with Gasteiger partial charge in [-0.1, -0.05) is 0 Å². The topological polar surface area (TPSA) is 120 Å². The van der Waals surface area contributed by atoms with E-state index in [2.05, 4.69) is 29.9 Å². The molecule has 1 amide bonds. The first-order valence-corrected chi connectivity index (χ1v) is 13.9. The number of carbonyl (C=O) groups is 1. The summed E-state index contributed by atoms with van der Waals surface area (Å²) in [6.45, 7) is 4.08. The van der Waals surface area contributed by atoms with Gasteiger partial charge >= 0.3 is 0 Å². The number of amides is 1. The highest BCUT2D eigenvalue weighted by molar-refractivity contribution is 7.92. The molecule has 1 saturated heterocycles. The van der Waals surface area contributed by atoms with E-state index in [0.717, 1.165) is 42.6 Å². The van der Waals surface area contributed by atoms with Gasteiger partial charge in [-0.05, 0) is 56.2 Å². The van der Waals surface area contributed by atoms with Crippen LogP contribution in [0.15, 0.2) is 48.8 Å². The Kier molecular flexibility index (Phi) is 6.78. The molecule has 37 heavy (non-hydrogen) atoms. The van der Waals surface area contributed by atoms with Crippen LogP contribution in [-0.2, 0) is 23.1 Å². The van der Waals surface area contributed by atoms with Crippen molar-refractivity contribution >= 4 is 33.4 Å². The summed E-state index contributed by atoms with van der Waals surface area (Å²) in [5.41, 5.74) is 3.17. The lowest BCUT2D eigenvalue weighted by atomic mass is 9.96. The first kappa shape index (κ1) is 25.0. The lowest BCUT2D eigenvalue weighted by Gasteiger charge is -2.41. The van der Waals surface area contributed by atoms with Gasteiger partial charge in [0, 0.05) is 60.9 Å². The molecule has 4 heterocycles. The minimum atomic E-state index is -3.49. The summed E-state index contributed by atoms with van der Waals surface area (Å²) in [5, 5.41) is 3.12. The summed E-state index contributed by atoms with van der Waals surface area (Å²) in [6.07, 6.45) is 5.94. The molecule has 194 valence electrons. The summed E-state index contributed by atoms with van der Waals surface area (Å²) in [7, 11) is -3.49. The number of fused-ring (bicyclic) bond motifs is 1. The maximum atomic E-state index is 13.2. The summed E-state index contributed by atoms with van der Waals surface area (Å²) < 4.78 is 38.5. The van der Waals surface area contributed by atoms with E-state index in [1.54, 1.807) is 18.2 Å². The zero-order valence-electron chi connectivity index (χ0n) is 20.6. The molecule has 1 aromatic carbocycles. The smallest absolute Gasteiger partial charge is 0.254 e. The highest BCUT2D eigenvalue weighted by atomic mass is 32.2. The van der Waals surface area contributed by atoms with Crippen molar-refractivity contribution in [2.45, 2.75) is 44.9 Å². The number of aromatic nitrogens is 3. The molecule has 2 N–H and O–H groups in total. The molecular weight excluding hydrogens is 497 g/mol. The van der Waals surface area contributed by atoms with Crippen molar-refractivity contribution in [2.75, 3.05) is 22.8 Å². The summed E-state index contributed by atoms with van der Waals surface area (Å²) in [6, 6.07) is 9.43. The van der Waals surface area contributed by atoms with Gasteiger partial charge in [0.05, 0.1) is 11.9 Å². The predicted octanol–water partition coefficient (Wildman–Crippen LogP) is 3.13. The van der Waals surface area contributed by atoms with Gasteiger partial charge in [-0.15, -0.1) is 0 Å². The van der Waals surface area contributed by atoms with Crippen molar-refractivity contribution in [3.63, 3.8) is 0 Å². The van der Waals surface area contributed by atoms with Gasteiger partial charge in [0.2, 0.25) is 16.0 Å². The third kappa shape index (κ3) is 5.86. The molecule has 0 spiro atoms. The minimum absolute atomic E-state index is 0.0104. The second-order valence-electron chi connectivity index (χ2n) is 9.53. The Morgan fingerprint density at radius 3 is 2.65 bits per heavy atom. The fraction of sp³-hybridized carbons (Fsp3) is 0.360. The lowest BCUT2D eigenvalue weighted by Crippen LogP contribution is -2.50. The molecule has 2 aromatic heterocycles. The molecule has 12 heteroatoms. The van der Waals surface area contributed by atoms with E-state index in [0.29, 0.717) is 30.6 Å². The Morgan fingerprint density at radius 2 is 1.92 bits per heavy atom. The van der Waals surface area contributed by atoms with Gasteiger partial charge in [-0.2, -0.15) is 0 Å². The van der Waals surface area contributed by atoms with Gasteiger partial charge in [-0.25, -0.2) is 27.8 Å². The van der Waals surface area contributed by atoms with Crippen molar-refractivity contribution in [2.24, 2.45) is 0 Å². The molecule has 0 saturated carbocycles. The monoisotopic (exact) mass is 525 g/mol. The lowest BCUT2D eigenvalue weighted by molar-refractivity contribution is 0.0460. The number of nitrogens with zero attached hydrogens (tertiary/aromatic N) is 5. The zero-order valence-corrected chi connectivity index (χ0v) is 21.4. The Morgan fingerprint density at radius 1 is 1.14 bits per heavy atom. The number of hydrogen-bond donors (Lipinski definition) is 2. The number of sulfonamides is 1. The SMILES string of the molecule is C[C@@H]1C[C@@H](N2Cc3cnc(Nc4ccc(F)cc4)nc3C2)CCN1C(=O)c1ccnc(NS(C)(=O)=O)c1. The average molecular weight is 526 g/mol. The van der Waals surface area contributed by atoms with Gasteiger partial charge in [-0.3, -0.25) is 14.4 Å². The molecular formula is C25H28FN7O3S. The van der Waals surface area contributed by atoms with E-state index < -0.39 is 10.0 Å². The number of nitrogens with one attached hydrogen (secondary N) is 2. The average Bonchev–Trinajstić information content (AvgIpc) is 3.28. The molecule has 0 unspecified atom stereocenters. The minimum Gasteiger partial charge on any atom is -0.336 e. The van der Waals surface area contributed by atoms with Gasteiger partial charge in [0.25, 0.3) is 5.91 Å². The predicted molar refractivity (Wildman–Crippen MR) is 137 cm³/mol. The van der Waals surface area contributed by atoms with Crippen LogP contribution in [0.25, 0.3) is 0 Å². The number of carbonyl (C=O) groups excluding carboxylic acids is 1. The third-order valence-corrected chi connectivity index (χ3v) is 7.28.